The van der Waals surface area contributed by atoms with Crippen LogP contribution in [-0.2, 0) is 4.74 Å². The van der Waals surface area contributed by atoms with Crippen molar-refractivity contribution in [1.82, 2.24) is 25.3 Å². The summed E-state index contributed by atoms with van der Waals surface area (Å²) in [5, 5.41) is 18.9. The molecule has 3 heterocycles. The van der Waals surface area contributed by atoms with Crippen molar-refractivity contribution in [3.05, 3.63) is 12.1 Å². The van der Waals surface area contributed by atoms with Crippen LogP contribution in [0.25, 0.3) is 5.65 Å². The fraction of sp³-hybridized carbons (Fsp3) is 0.692. The quantitative estimate of drug-likeness (QED) is 0.912. The Hall–Kier alpha value is -1.76. The Labute approximate surface area is 117 Å². The third-order valence-corrected chi connectivity index (χ3v) is 3.68. The van der Waals surface area contributed by atoms with Crippen LogP contribution in [0.1, 0.15) is 27.2 Å². The first kappa shape index (κ1) is 13.2. The Morgan fingerprint density at radius 2 is 2.25 bits per heavy atom. The molecule has 0 amide bonds. The standard InChI is InChI=1S/C13H20N6O/c1-13(2,3)12-9(6-7-20-12)8-14-10-4-5-11-15-17-18-19(11)16-10/h4-5,9,12H,6-8H2,1-3H3,(H,14,16)/t9-,12+/m1/s1. The lowest BCUT2D eigenvalue weighted by molar-refractivity contribution is 0.00956. The first-order chi connectivity index (χ1) is 9.54. The molecular formula is C13H20N6O. The maximum atomic E-state index is 5.88. The summed E-state index contributed by atoms with van der Waals surface area (Å²) in [5.41, 5.74) is 0.808. The molecule has 1 aliphatic heterocycles. The summed E-state index contributed by atoms with van der Waals surface area (Å²) in [4.78, 5) is 0. The average Bonchev–Trinajstić information content (AvgIpc) is 3.03. The van der Waals surface area contributed by atoms with E-state index < -0.39 is 0 Å². The predicted octanol–water partition coefficient (Wildman–Crippen LogP) is 1.38. The molecule has 7 heteroatoms. The van der Waals surface area contributed by atoms with Crippen LogP contribution < -0.4 is 5.32 Å². The summed E-state index contributed by atoms with van der Waals surface area (Å²) < 4.78 is 7.30. The van der Waals surface area contributed by atoms with Crippen LogP contribution in [0.15, 0.2) is 12.1 Å². The Morgan fingerprint density at radius 1 is 1.40 bits per heavy atom. The van der Waals surface area contributed by atoms with Gasteiger partial charge in [-0.3, -0.25) is 0 Å². The number of fused-ring (bicyclic) bond motifs is 1. The number of nitrogens with zero attached hydrogens (tertiary/aromatic N) is 5. The van der Waals surface area contributed by atoms with Gasteiger partial charge in [0.25, 0.3) is 0 Å². The SMILES string of the molecule is CC(C)(C)[C@H]1OCC[C@@H]1CNc1ccc2nnnn2n1. The molecule has 2 atom stereocenters. The van der Waals surface area contributed by atoms with Crippen LogP contribution in [0.4, 0.5) is 5.82 Å². The molecule has 0 aromatic carbocycles. The zero-order valence-corrected chi connectivity index (χ0v) is 12.1. The summed E-state index contributed by atoms with van der Waals surface area (Å²) in [6.07, 6.45) is 1.37. The van der Waals surface area contributed by atoms with E-state index in [4.69, 9.17) is 4.74 Å². The van der Waals surface area contributed by atoms with Gasteiger partial charge in [0, 0.05) is 19.1 Å². The molecule has 2 aromatic rings. The van der Waals surface area contributed by atoms with Crippen molar-refractivity contribution in [3.8, 4) is 0 Å². The van der Waals surface area contributed by atoms with Crippen LogP contribution in [0, 0.1) is 11.3 Å². The molecule has 7 nitrogen and oxygen atoms in total. The molecule has 20 heavy (non-hydrogen) atoms. The third-order valence-electron chi connectivity index (χ3n) is 3.68. The fourth-order valence-electron chi connectivity index (χ4n) is 2.78. The van der Waals surface area contributed by atoms with E-state index in [1.54, 1.807) is 0 Å². The van der Waals surface area contributed by atoms with Gasteiger partial charge in [-0.25, -0.2) is 0 Å². The lowest BCUT2D eigenvalue weighted by Crippen LogP contribution is -2.34. The second-order valence-electron chi connectivity index (χ2n) is 6.33. The summed E-state index contributed by atoms with van der Waals surface area (Å²) >= 11 is 0. The summed E-state index contributed by atoms with van der Waals surface area (Å²) in [7, 11) is 0. The smallest absolute Gasteiger partial charge is 0.200 e. The van der Waals surface area contributed by atoms with Gasteiger partial charge in [-0.15, -0.1) is 14.8 Å². The fourth-order valence-corrected chi connectivity index (χ4v) is 2.78. The third kappa shape index (κ3) is 2.58. The number of rotatable bonds is 3. The van der Waals surface area contributed by atoms with Crippen LogP contribution in [0.2, 0.25) is 0 Å². The van der Waals surface area contributed by atoms with E-state index in [0.717, 1.165) is 25.4 Å². The summed E-state index contributed by atoms with van der Waals surface area (Å²) in [5.74, 6) is 1.28. The van der Waals surface area contributed by atoms with E-state index >= 15 is 0 Å². The molecule has 1 aliphatic rings. The zero-order chi connectivity index (χ0) is 14.2. The molecule has 3 rings (SSSR count). The first-order valence-corrected chi connectivity index (χ1v) is 6.95. The largest absolute Gasteiger partial charge is 0.377 e. The summed E-state index contributed by atoms with van der Waals surface area (Å²) in [6, 6.07) is 3.75. The number of tetrazole rings is 1. The Kier molecular flexibility index (Phi) is 3.29. The van der Waals surface area contributed by atoms with Gasteiger partial charge >= 0.3 is 0 Å². The highest BCUT2D eigenvalue weighted by Crippen LogP contribution is 2.34. The molecule has 1 saturated heterocycles. The second-order valence-corrected chi connectivity index (χ2v) is 6.33. The van der Waals surface area contributed by atoms with Crippen molar-refractivity contribution in [1.29, 1.82) is 0 Å². The lowest BCUT2D eigenvalue weighted by atomic mass is 9.81. The maximum Gasteiger partial charge on any atom is 0.200 e. The molecule has 0 aliphatic carbocycles. The average molecular weight is 276 g/mol. The van der Waals surface area contributed by atoms with Crippen molar-refractivity contribution in [2.45, 2.75) is 33.3 Å². The molecule has 0 saturated carbocycles. The number of nitrogens with one attached hydrogen (secondary N) is 1. The van der Waals surface area contributed by atoms with E-state index in [1.807, 2.05) is 12.1 Å². The summed E-state index contributed by atoms with van der Waals surface area (Å²) in [6.45, 7) is 8.36. The Bertz CT molecular complexity index is 590. The number of aromatic nitrogens is 5. The zero-order valence-electron chi connectivity index (χ0n) is 12.1. The van der Waals surface area contributed by atoms with Crippen molar-refractivity contribution in [3.63, 3.8) is 0 Å². The highest BCUT2D eigenvalue weighted by atomic mass is 16.5. The molecule has 1 fully saturated rings. The minimum Gasteiger partial charge on any atom is -0.377 e. The van der Waals surface area contributed by atoms with E-state index in [2.05, 4.69) is 46.7 Å². The van der Waals surface area contributed by atoms with E-state index in [9.17, 15) is 0 Å². The molecule has 108 valence electrons. The lowest BCUT2D eigenvalue weighted by Gasteiger charge is -2.31. The number of hydrogen-bond donors (Lipinski definition) is 1. The molecule has 1 N–H and O–H groups in total. The van der Waals surface area contributed by atoms with Gasteiger partial charge in [0.1, 0.15) is 5.82 Å². The molecule has 0 unspecified atom stereocenters. The molecule has 0 bridgehead atoms. The van der Waals surface area contributed by atoms with Gasteiger partial charge in [-0.2, -0.15) is 0 Å². The predicted molar refractivity (Wildman–Crippen MR) is 74.4 cm³/mol. The Morgan fingerprint density at radius 3 is 3.05 bits per heavy atom. The van der Waals surface area contributed by atoms with Crippen LogP contribution in [0.3, 0.4) is 0 Å². The maximum absolute atomic E-state index is 5.88. The minimum atomic E-state index is 0.163. The molecule has 2 aromatic heterocycles. The van der Waals surface area contributed by atoms with Gasteiger partial charge in [-0.05, 0) is 34.4 Å². The van der Waals surface area contributed by atoms with Crippen molar-refractivity contribution in [2.24, 2.45) is 11.3 Å². The first-order valence-electron chi connectivity index (χ1n) is 6.95. The number of ether oxygens (including phenoxy) is 1. The number of hydrogen-bond acceptors (Lipinski definition) is 6. The van der Waals surface area contributed by atoms with Crippen molar-refractivity contribution in [2.75, 3.05) is 18.5 Å². The topological polar surface area (TPSA) is 77.2 Å². The Balaban J connectivity index is 1.66. The van der Waals surface area contributed by atoms with Gasteiger partial charge in [0.2, 0.25) is 0 Å². The monoisotopic (exact) mass is 276 g/mol. The minimum absolute atomic E-state index is 0.163. The van der Waals surface area contributed by atoms with Crippen LogP contribution in [-0.4, -0.2) is 44.5 Å². The van der Waals surface area contributed by atoms with Gasteiger partial charge in [0.15, 0.2) is 5.65 Å². The van der Waals surface area contributed by atoms with Crippen molar-refractivity contribution >= 4 is 11.5 Å². The number of anilines is 1. The van der Waals surface area contributed by atoms with Crippen LogP contribution in [0.5, 0.6) is 0 Å². The highest BCUT2D eigenvalue weighted by molar-refractivity contribution is 5.42. The van der Waals surface area contributed by atoms with E-state index in [0.29, 0.717) is 11.6 Å². The normalized spacial score (nSPS) is 23.4. The van der Waals surface area contributed by atoms with Crippen molar-refractivity contribution < 1.29 is 4.74 Å². The second kappa shape index (κ2) is 4.97. The molecule has 0 radical (unpaired) electrons. The van der Waals surface area contributed by atoms with Crippen LogP contribution >= 0.6 is 0 Å². The highest BCUT2D eigenvalue weighted by Gasteiger charge is 2.36. The van der Waals surface area contributed by atoms with E-state index in [-0.39, 0.29) is 11.5 Å². The van der Waals surface area contributed by atoms with E-state index in [1.165, 1.54) is 4.63 Å². The van der Waals surface area contributed by atoms with Gasteiger partial charge in [-0.1, -0.05) is 20.8 Å². The molecular weight excluding hydrogens is 256 g/mol. The van der Waals surface area contributed by atoms with Gasteiger partial charge in [0.05, 0.1) is 6.10 Å². The van der Waals surface area contributed by atoms with Gasteiger partial charge < -0.3 is 10.1 Å². The molecule has 0 spiro atoms.